The van der Waals surface area contributed by atoms with Gasteiger partial charge in [-0.3, -0.25) is 9.59 Å². The Labute approximate surface area is 341 Å². The molecule has 1 saturated carbocycles. The van der Waals surface area contributed by atoms with Crippen molar-refractivity contribution in [3.8, 4) is 0 Å². The molecule has 1 unspecified atom stereocenters. The van der Waals surface area contributed by atoms with Crippen molar-refractivity contribution in [1.29, 1.82) is 0 Å². The Bertz CT molecular complexity index is 1430. The van der Waals surface area contributed by atoms with Crippen LogP contribution in [-0.4, -0.2) is 162 Å². The zero-order valence-electron chi connectivity index (χ0n) is 35.1. The minimum Gasteiger partial charge on any atom is -0.394 e. The van der Waals surface area contributed by atoms with Crippen LogP contribution in [0.3, 0.4) is 0 Å². The smallest absolute Gasteiger partial charge is 0.187 e. The van der Waals surface area contributed by atoms with E-state index < -0.39 is 97.3 Å². The van der Waals surface area contributed by atoms with Crippen LogP contribution in [0.4, 0.5) is 0 Å². The summed E-state index contributed by atoms with van der Waals surface area (Å²) < 4.78 is 23.1. The first-order valence-corrected chi connectivity index (χ1v) is 20.4. The molecule has 58 heavy (non-hydrogen) atoms. The van der Waals surface area contributed by atoms with Gasteiger partial charge in [0.1, 0.15) is 60.7 Å². The molecule has 2 saturated heterocycles. The number of carbonyl (C=O) groups excluding carboxylic acids is 2. The van der Waals surface area contributed by atoms with Crippen LogP contribution in [0, 0.1) is 11.3 Å². The van der Waals surface area contributed by atoms with Crippen LogP contribution in [0.15, 0.2) is 34.4 Å². The lowest BCUT2D eigenvalue weighted by molar-refractivity contribution is -0.308. The van der Waals surface area contributed by atoms with Crippen LogP contribution in [0.1, 0.15) is 106 Å². The van der Waals surface area contributed by atoms with Crippen LogP contribution >= 0.6 is 0 Å². The zero-order chi connectivity index (χ0) is 43.7. The normalized spacial score (nSPS) is 38.1. The fourth-order valence-corrected chi connectivity index (χ4v) is 8.22. The second kappa shape index (κ2) is 21.7. The third kappa shape index (κ3) is 12.3. The highest BCUT2D eigenvalue weighted by molar-refractivity contribution is 5.86. The quantitative estimate of drug-likeness (QED) is 0.0349. The molecule has 1 aliphatic carbocycles. The number of aliphatic hydroxyl groups excluding tert-OH is 8. The summed E-state index contributed by atoms with van der Waals surface area (Å²) in [6.45, 7) is 10.9. The van der Waals surface area contributed by atoms with E-state index in [1.807, 2.05) is 32.9 Å². The maximum absolute atomic E-state index is 12.3. The Morgan fingerprint density at radius 1 is 0.879 bits per heavy atom. The van der Waals surface area contributed by atoms with Gasteiger partial charge in [-0.05, 0) is 110 Å². The van der Waals surface area contributed by atoms with E-state index in [0.29, 0.717) is 50.5 Å². The van der Waals surface area contributed by atoms with Crippen LogP contribution < -0.4 is 0 Å². The third-order valence-electron chi connectivity index (χ3n) is 12.6. The van der Waals surface area contributed by atoms with Crippen LogP contribution in [-0.2, 0) is 28.5 Å². The lowest BCUT2D eigenvalue weighted by atomic mass is 9.54. The number of carbonyl (C=O) groups is 2. The van der Waals surface area contributed by atoms with E-state index in [1.54, 1.807) is 13.8 Å². The number of ether oxygens (including phenoxy) is 4. The fraction of sp³-hybridized carbons (Fsp3) is 0.810. The number of rotatable bonds is 20. The summed E-state index contributed by atoms with van der Waals surface area (Å²) in [4.78, 5) is 24.4. The topological polar surface area (TPSA) is 273 Å². The minimum atomic E-state index is -1.64. The molecule has 0 bridgehead atoms. The minimum absolute atomic E-state index is 0.0691. The summed E-state index contributed by atoms with van der Waals surface area (Å²) in [6.07, 6.45) is -7.07. The standard InChI is InChI=1S/C42H70O16/c1-23(13-15-31(46)40(4,5)53)12-14-28(56-39-37(52)35(50)33(48)30(22-45)58-39)24(2)10-8-17-41(6)27(26(25(3)20-43)16-18-42(41,7)54)11-9-19-55-38-36(51)34(49)32(47)29(21-44)57-38/h10,12,20,27-30,32-39,44-45,47-54H,8-9,11,13-19,21-22H2,1-7H3/b23-12+,24-10+,26-25+/t27-,28?,29-,30-,32-,33-,34+,35+,36-,37-,38-,39-,41+,42+/m1/s1. The average molecular weight is 831 g/mol. The molecular formula is C42H70O16. The monoisotopic (exact) mass is 830 g/mol. The predicted molar refractivity (Wildman–Crippen MR) is 210 cm³/mol. The summed E-state index contributed by atoms with van der Waals surface area (Å²) in [5.74, 6) is -0.578. The number of hydrogen-bond acceptors (Lipinski definition) is 16. The van der Waals surface area contributed by atoms with E-state index in [-0.39, 0.29) is 31.1 Å². The molecule has 14 atom stereocenters. The van der Waals surface area contributed by atoms with E-state index in [9.17, 15) is 60.7 Å². The Morgan fingerprint density at radius 2 is 1.45 bits per heavy atom. The van der Waals surface area contributed by atoms with Gasteiger partial charge in [-0.25, -0.2) is 0 Å². The van der Waals surface area contributed by atoms with Crippen LogP contribution in [0.5, 0.6) is 0 Å². The lowest BCUT2D eigenvalue weighted by Crippen LogP contribution is -2.59. The van der Waals surface area contributed by atoms with Gasteiger partial charge in [-0.15, -0.1) is 0 Å². The molecule has 2 heterocycles. The summed E-state index contributed by atoms with van der Waals surface area (Å²) in [5.41, 5.74) is -0.313. The van der Waals surface area contributed by atoms with Crippen molar-refractivity contribution in [2.24, 2.45) is 11.3 Å². The van der Waals surface area contributed by atoms with E-state index in [1.165, 1.54) is 13.8 Å². The fourth-order valence-electron chi connectivity index (χ4n) is 8.22. The van der Waals surface area contributed by atoms with Gasteiger partial charge in [-0.2, -0.15) is 0 Å². The highest BCUT2D eigenvalue weighted by atomic mass is 16.7. The number of Topliss-reactive ketones (excluding diaryl/α,β-unsaturated/α-hetero) is 1. The first kappa shape index (κ1) is 50.4. The number of aliphatic hydroxyl groups is 10. The van der Waals surface area contributed by atoms with Gasteiger partial charge in [0.15, 0.2) is 18.4 Å². The average Bonchev–Trinajstić information content (AvgIpc) is 3.17. The van der Waals surface area contributed by atoms with Crippen molar-refractivity contribution >= 4 is 12.1 Å². The molecule has 0 aromatic carbocycles. The molecule has 0 aromatic rings. The molecule has 3 rings (SSSR count). The van der Waals surface area contributed by atoms with Crippen molar-refractivity contribution in [2.75, 3.05) is 19.8 Å². The van der Waals surface area contributed by atoms with Crippen LogP contribution in [0.2, 0.25) is 0 Å². The van der Waals surface area contributed by atoms with Gasteiger partial charge in [0.25, 0.3) is 0 Å². The molecular weight excluding hydrogens is 760 g/mol. The van der Waals surface area contributed by atoms with Gasteiger partial charge >= 0.3 is 0 Å². The maximum atomic E-state index is 12.3. The maximum Gasteiger partial charge on any atom is 0.187 e. The predicted octanol–water partition coefficient (Wildman–Crippen LogP) is 0.634. The molecule has 0 aromatic heterocycles. The Hall–Kier alpha value is -2.00. The van der Waals surface area contributed by atoms with E-state index in [0.717, 1.165) is 23.0 Å². The number of allylic oxidation sites excluding steroid dienone is 4. The number of ketones is 1. The van der Waals surface area contributed by atoms with Gasteiger partial charge in [-0.1, -0.05) is 30.2 Å². The Kier molecular flexibility index (Phi) is 18.8. The summed E-state index contributed by atoms with van der Waals surface area (Å²) in [6, 6.07) is 0. The largest absolute Gasteiger partial charge is 0.394 e. The molecule has 10 N–H and O–H groups in total. The summed E-state index contributed by atoms with van der Waals surface area (Å²) >= 11 is 0. The van der Waals surface area contributed by atoms with Crippen LogP contribution in [0.25, 0.3) is 0 Å². The number of aldehydes is 1. The first-order valence-electron chi connectivity index (χ1n) is 20.4. The van der Waals surface area contributed by atoms with E-state index in [2.05, 4.69) is 0 Å². The van der Waals surface area contributed by atoms with Crippen molar-refractivity contribution in [2.45, 2.75) is 185 Å². The van der Waals surface area contributed by atoms with Gasteiger partial charge in [0.2, 0.25) is 0 Å². The third-order valence-corrected chi connectivity index (χ3v) is 12.6. The number of hydrogen-bond donors (Lipinski definition) is 10. The van der Waals surface area contributed by atoms with Gasteiger partial charge in [0, 0.05) is 18.4 Å². The Balaban J connectivity index is 1.84. The first-order chi connectivity index (χ1) is 27.0. The molecule has 0 amide bonds. The Morgan fingerprint density at radius 3 is 2.00 bits per heavy atom. The second-order valence-electron chi connectivity index (χ2n) is 17.4. The van der Waals surface area contributed by atoms with Crippen molar-refractivity contribution in [1.82, 2.24) is 0 Å². The molecule has 0 radical (unpaired) electrons. The van der Waals surface area contributed by atoms with Crippen molar-refractivity contribution in [3.63, 3.8) is 0 Å². The molecule has 334 valence electrons. The van der Waals surface area contributed by atoms with Gasteiger partial charge < -0.3 is 70.0 Å². The molecule has 2 aliphatic heterocycles. The van der Waals surface area contributed by atoms with Gasteiger partial charge in [0.05, 0.1) is 24.9 Å². The molecule has 16 nitrogen and oxygen atoms in total. The van der Waals surface area contributed by atoms with E-state index in [4.69, 9.17) is 18.9 Å². The lowest BCUT2D eigenvalue weighted by Gasteiger charge is -2.53. The van der Waals surface area contributed by atoms with Crippen molar-refractivity contribution < 1.29 is 79.6 Å². The molecule has 3 fully saturated rings. The highest BCUT2D eigenvalue weighted by Gasteiger charge is 2.52. The molecule has 16 heteroatoms. The zero-order valence-corrected chi connectivity index (χ0v) is 35.1. The molecule has 0 spiro atoms. The highest BCUT2D eigenvalue weighted by Crippen LogP contribution is 2.55. The second-order valence-corrected chi connectivity index (χ2v) is 17.4. The van der Waals surface area contributed by atoms with Crippen molar-refractivity contribution in [3.05, 3.63) is 34.4 Å². The molecule has 3 aliphatic rings. The summed E-state index contributed by atoms with van der Waals surface area (Å²) in [7, 11) is 0. The van der Waals surface area contributed by atoms with E-state index >= 15 is 0 Å². The SMILES string of the molecule is C/C(=C\CC(O[C@@H]1O[C@H](CO)[C@@H](O)[C@H](O)[C@H]1O)/C(C)=C/CC[C@@]1(C)[C@H](CCCO[C@@H]2O[C@H](CO)[C@@H](O)[C@H](O)[C@H]2O)/C(=C(\C)C=O)CC[C@]1(C)O)CCC(=O)C(C)(C)O. The summed E-state index contributed by atoms with van der Waals surface area (Å²) in [5, 5.41) is 104.